The quantitative estimate of drug-likeness (QED) is 0.448. The number of carbonyl (C=O) groups is 1. The SMILES string of the molecule is C[C@H](NC(=O)c1cc(-c2ccc(Cl)cc2)nn(-c2cnn(C)c2)c1=O)c1ccc(Cl)c(F)c1. The molecule has 1 N–H and O–H groups in total. The highest BCUT2D eigenvalue weighted by atomic mass is 35.5. The van der Waals surface area contributed by atoms with Crippen molar-refractivity contribution in [3.63, 3.8) is 0 Å². The van der Waals surface area contributed by atoms with Crippen LogP contribution in [0.15, 0.2) is 65.7 Å². The normalized spacial score (nSPS) is 11.9. The van der Waals surface area contributed by atoms with E-state index in [2.05, 4.69) is 15.5 Å². The van der Waals surface area contributed by atoms with Gasteiger partial charge in [0.1, 0.15) is 17.1 Å². The minimum atomic E-state index is -0.627. The van der Waals surface area contributed by atoms with Crippen LogP contribution in [0.5, 0.6) is 0 Å². The number of nitrogens with zero attached hydrogens (tertiary/aromatic N) is 4. The molecule has 0 radical (unpaired) electrons. The third-order valence-corrected chi connectivity index (χ3v) is 5.58. The monoisotopic (exact) mass is 485 g/mol. The fourth-order valence-electron chi connectivity index (χ4n) is 3.25. The van der Waals surface area contributed by atoms with Gasteiger partial charge in [-0.1, -0.05) is 41.4 Å². The van der Waals surface area contributed by atoms with Crippen LogP contribution >= 0.6 is 23.2 Å². The molecule has 0 fully saturated rings. The van der Waals surface area contributed by atoms with Crippen molar-refractivity contribution in [3.8, 4) is 16.9 Å². The maximum absolute atomic E-state index is 13.9. The predicted octanol–water partition coefficient (Wildman–Crippen LogP) is 4.57. The van der Waals surface area contributed by atoms with Gasteiger partial charge < -0.3 is 5.32 Å². The maximum atomic E-state index is 13.9. The number of hydrogen-bond donors (Lipinski definition) is 1. The number of hydrogen-bond acceptors (Lipinski definition) is 4. The molecule has 1 atom stereocenters. The van der Waals surface area contributed by atoms with Crippen molar-refractivity contribution >= 4 is 29.1 Å². The first-order valence-corrected chi connectivity index (χ1v) is 10.6. The zero-order valence-corrected chi connectivity index (χ0v) is 19.1. The lowest BCUT2D eigenvalue weighted by Gasteiger charge is -2.16. The molecule has 4 aromatic rings. The summed E-state index contributed by atoms with van der Waals surface area (Å²) < 4.78 is 16.5. The van der Waals surface area contributed by atoms with E-state index in [9.17, 15) is 14.0 Å². The average molecular weight is 486 g/mol. The van der Waals surface area contributed by atoms with Crippen LogP contribution in [0.3, 0.4) is 0 Å². The Bertz CT molecular complexity index is 1400. The Kier molecular flexibility index (Phi) is 6.31. The minimum absolute atomic E-state index is 0.0154. The number of aromatic nitrogens is 4. The summed E-state index contributed by atoms with van der Waals surface area (Å²) in [6.45, 7) is 1.68. The molecule has 4 rings (SSSR count). The summed E-state index contributed by atoms with van der Waals surface area (Å²) in [5.74, 6) is -1.22. The first kappa shape index (κ1) is 22.7. The second kappa shape index (κ2) is 9.17. The third-order valence-electron chi connectivity index (χ3n) is 5.02. The molecule has 0 saturated carbocycles. The highest BCUT2D eigenvalue weighted by Crippen LogP contribution is 2.22. The van der Waals surface area contributed by atoms with E-state index < -0.39 is 23.3 Å². The standard InChI is InChI=1S/C23H18Cl2FN5O2/c1-13(15-5-8-19(25)20(26)9-15)28-22(32)18-10-21(14-3-6-16(24)7-4-14)29-31(23(18)33)17-11-27-30(2)12-17/h3-13H,1-2H3,(H,28,32)/t13-/m0/s1. The van der Waals surface area contributed by atoms with Gasteiger partial charge in [-0.15, -0.1) is 0 Å². The van der Waals surface area contributed by atoms with Crippen molar-refractivity contribution in [2.45, 2.75) is 13.0 Å². The van der Waals surface area contributed by atoms with Crippen molar-refractivity contribution in [2.24, 2.45) is 7.05 Å². The lowest BCUT2D eigenvalue weighted by Crippen LogP contribution is -2.35. The molecule has 2 aromatic carbocycles. The van der Waals surface area contributed by atoms with Crippen LogP contribution < -0.4 is 10.9 Å². The van der Waals surface area contributed by atoms with Crippen molar-refractivity contribution in [3.05, 3.63) is 98.3 Å². The van der Waals surface area contributed by atoms with E-state index in [1.54, 1.807) is 50.5 Å². The van der Waals surface area contributed by atoms with Gasteiger partial charge in [-0.25, -0.2) is 4.39 Å². The molecule has 2 heterocycles. The molecule has 2 aromatic heterocycles. The van der Waals surface area contributed by atoms with Gasteiger partial charge in [0, 0.05) is 17.6 Å². The zero-order chi connectivity index (χ0) is 23.7. The van der Waals surface area contributed by atoms with E-state index in [-0.39, 0.29) is 10.6 Å². The predicted molar refractivity (Wildman–Crippen MR) is 124 cm³/mol. The third kappa shape index (κ3) is 4.81. The topological polar surface area (TPSA) is 81.8 Å². The number of carbonyl (C=O) groups excluding carboxylic acids is 1. The van der Waals surface area contributed by atoms with E-state index >= 15 is 0 Å². The number of benzene rings is 2. The van der Waals surface area contributed by atoms with Gasteiger partial charge in [0.2, 0.25) is 0 Å². The minimum Gasteiger partial charge on any atom is -0.345 e. The average Bonchev–Trinajstić information content (AvgIpc) is 3.22. The Morgan fingerprint density at radius 3 is 2.48 bits per heavy atom. The van der Waals surface area contributed by atoms with Crippen LogP contribution in [-0.4, -0.2) is 25.5 Å². The van der Waals surface area contributed by atoms with E-state index in [1.807, 2.05) is 0 Å². The molecular formula is C23H18Cl2FN5O2. The van der Waals surface area contributed by atoms with Gasteiger partial charge in [-0.3, -0.25) is 14.3 Å². The molecule has 0 aliphatic heterocycles. The number of amides is 1. The molecule has 168 valence electrons. The second-order valence-corrected chi connectivity index (χ2v) is 8.25. The van der Waals surface area contributed by atoms with Crippen LogP contribution in [0.1, 0.15) is 28.9 Å². The Morgan fingerprint density at radius 2 is 1.85 bits per heavy atom. The van der Waals surface area contributed by atoms with Gasteiger partial charge in [0.25, 0.3) is 11.5 Å². The zero-order valence-electron chi connectivity index (χ0n) is 17.6. The van der Waals surface area contributed by atoms with Gasteiger partial charge in [0.15, 0.2) is 0 Å². The smallest absolute Gasteiger partial charge is 0.284 e. The van der Waals surface area contributed by atoms with Gasteiger partial charge in [0.05, 0.1) is 29.2 Å². The molecule has 33 heavy (non-hydrogen) atoms. The van der Waals surface area contributed by atoms with Crippen LogP contribution in [-0.2, 0) is 7.05 Å². The molecule has 0 spiro atoms. The van der Waals surface area contributed by atoms with Crippen LogP contribution in [0.2, 0.25) is 10.0 Å². The molecule has 0 bridgehead atoms. The van der Waals surface area contributed by atoms with Crippen LogP contribution in [0.25, 0.3) is 16.9 Å². The number of aryl methyl sites for hydroxylation is 1. The van der Waals surface area contributed by atoms with E-state index in [0.29, 0.717) is 27.5 Å². The van der Waals surface area contributed by atoms with Crippen molar-refractivity contribution in [2.75, 3.05) is 0 Å². The lowest BCUT2D eigenvalue weighted by molar-refractivity contribution is 0.0937. The van der Waals surface area contributed by atoms with Gasteiger partial charge in [-0.2, -0.15) is 14.9 Å². The summed E-state index contributed by atoms with van der Waals surface area (Å²) >= 11 is 11.7. The van der Waals surface area contributed by atoms with Gasteiger partial charge in [-0.05, 0) is 42.8 Å². The largest absolute Gasteiger partial charge is 0.345 e. The molecule has 0 aliphatic carbocycles. The molecule has 1 amide bonds. The Balaban J connectivity index is 1.76. The van der Waals surface area contributed by atoms with Crippen molar-refractivity contribution in [1.29, 1.82) is 0 Å². The second-order valence-electron chi connectivity index (χ2n) is 7.41. The number of rotatable bonds is 5. The molecule has 0 saturated heterocycles. The van der Waals surface area contributed by atoms with Gasteiger partial charge >= 0.3 is 0 Å². The molecule has 0 unspecified atom stereocenters. The number of halogens is 3. The fourth-order valence-corrected chi connectivity index (χ4v) is 3.49. The maximum Gasteiger partial charge on any atom is 0.284 e. The van der Waals surface area contributed by atoms with Crippen LogP contribution in [0.4, 0.5) is 4.39 Å². The molecular weight excluding hydrogens is 468 g/mol. The Morgan fingerprint density at radius 1 is 1.12 bits per heavy atom. The van der Waals surface area contributed by atoms with E-state index in [4.69, 9.17) is 23.2 Å². The number of nitrogens with one attached hydrogen (secondary N) is 1. The highest BCUT2D eigenvalue weighted by molar-refractivity contribution is 6.31. The van der Waals surface area contributed by atoms with E-state index in [0.717, 1.165) is 4.68 Å². The van der Waals surface area contributed by atoms with Crippen molar-refractivity contribution in [1.82, 2.24) is 24.9 Å². The summed E-state index contributed by atoms with van der Waals surface area (Å²) in [5, 5.41) is 11.8. The highest BCUT2D eigenvalue weighted by Gasteiger charge is 2.20. The first-order chi connectivity index (χ1) is 15.7. The Labute approximate surface area is 198 Å². The fraction of sp³-hybridized carbons (Fsp3) is 0.130. The summed E-state index contributed by atoms with van der Waals surface area (Å²) in [4.78, 5) is 26.3. The first-order valence-electron chi connectivity index (χ1n) is 9.88. The lowest BCUT2D eigenvalue weighted by atomic mass is 10.1. The molecule has 0 aliphatic rings. The Hall–Kier alpha value is -3.49. The summed E-state index contributed by atoms with van der Waals surface area (Å²) in [6, 6.07) is 12.0. The molecule has 7 nitrogen and oxygen atoms in total. The van der Waals surface area contributed by atoms with Crippen molar-refractivity contribution < 1.29 is 9.18 Å². The summed E-state index contributed by atoms with van der Waals surface area (Å²) in [7, 11) is 1.71. The summed E-state index contributed by atoms with van der Waals surface area (Å²) in [5.41, 5.74) is 1.22. The van der Waals surface area contributed by atoms with Crippen LogP contribution in [0, 0.1) is 5.82 Å². The molecule has 10 heteroatoms. The summed E-state index contributed by atoms with van der Waals surface area (Å²) in [6.07, 6.45) is 3.08. The van der Waals surface area contributed by atoms with E-state index in [1.165, 1.54) is 29.1 Å².